The van der Waals surface area contributed by atoms with E-state index in [0.29, 0.717) is 5.56 Å². The summed E-state index contributed by atoms with van der Waals surface area (Å²) in [7, 11) is -4.41. The van der Waals surface area contributed by atoms with Crippen molar-refractivity contribution in [2.24, 2.45) is 0 Å². The smallest absolute Gasteiger partial charge is 0.334 e. The Bertz CT molecular complexity index is 619. The monoisotopic (exact) mass is 297 g/mol. The Labute approximate surface area is 116 Å². The minimum absolute atomic E-state index is 0.0367. The van der Waals surface area contributed by atoms with Gasteiger partial charge in [0.2, 0.25) is 0 Å². The topological polar surface area (TPSA) is 109 Å². The highest BCUT2D eigenvalue weighted by molar-refractivity contribution is 7.53. The highest BCUT2D eigenvalue weighted by Gasteiger charge is 2.49. The molecule has 8 heteroatoms. The van der Waals surface area contributed by atoms with E-state index in [9.17, 15) is 14.4 Å². The van der Waals surface area contributed by atoms with Crippen molar-refractivity contribution in [3.05, 3.63) is 30.4 Å². The minimum Gasteiger partial charge on any atom is -0.334 e. The lowest BCUT2D eigenvalue weighted by atomic mass is 10.0. The van der Waals surface area contributed by atoms with Gasteiger partial charge in [-0.05, 0) is 25.0 Å². The number of rotatable bonds is 5. The van der Waals surface area contributed by atoms with Gasteiger partial charge < -0.3 is 14.3 Å². The predicted molar refractivity (Wildman–Crippen MR) is 71.8 cm³/mol. The van der Waals surface area contributed by atoms with Gasteiger partial charge in [-0.2, -0.15) is 4.98 Å². The van der Waals surface area contributed by atoms with Crippen molar-refractivity contribution in [1.82, 2.24) is 15.1 Å². The second-order valence-corrected chi connectivity index (χ2v) is 6.39. The van der Waals surface area contributed by atoms with Crippen molar-refractivity contribution in [2.45, 2.75) is 31.8 Å². The lowest BCUT2D eigenvalue weighted by Crippen LogP contribution is -2.26. The molecule has 7 nitrogen and oxygen atoms in total. The van der Waals surface area contributed by atoms with E-state index >= 15 is 0 Å². The van der Waals surface area contributed by atoms with Crippen LogP contribution in [0.1, 0.15) is 32.5 Å². The Hall–Kier alpha value is -1.56. The Balaban J connectivity index is 2.48. The van der Waals surface area contributed by atoms with Crippen LogP contribution in [0.25, 0.3) is 11.5 Å². The molecule has 0 saturated carbocycles. The normalized spacial score (nSPS) is 12.6. The van der Waals surface area contributed by atoms with E-state index in [0.717, 1.165) is 0 Å². The second-order valence-electron chi connectivity index (χ2n) is 4.45. The minimum atomic E-state index is -4.41. The van der Waals surface area contributed by atoms with Gasteiger partial charge in [0.25, 0.3) is 5.89 Å². The molecule has 2 rings (SSSR count). The molecule has 0 saturated heterocycles. The molecule has 2 aromatic heterocycles. The van der Waals surface area contributed by atoms with E-state index in [4.69, 9.17) is 4.52 Å². The zero-order valence-electron chi connectivity index (χ0n) is 11.2. The Kier molecular flexibility index (Phi) is 4.04. The van der Waals surface area contributed by atoms with Crippen molar-refractivity contribution in [3.63, 3.8) is 0 Å². The Morgan fingerprint density at radius 1 is 1.35 bits per heavy atom. The van der Waals surface area contributed by atoms with Crippen LogP contribution in [0, 0.1) is 0 Å². The molecule has 0 bridgehead atoms. The van der Waals surface area contributed by atoms with Gasteiger partial charge in [-0.1, -0.05) is 19.0 Å². The molecule has 108 valence electrons. The molecule has 0 amide bonds. The Morgan fingerprint density at radius 3 is 2.55 bits per heavy atom. The third-order valence-corrected chi connectivity index (χ3v) is 5.43. The van der Waals surface area contributed by atoms with Crippen molar-refractivity contribution in [3.8, 4) is 11.5 Å². The van der Waals surface area contributed by atoms with Crippen molar-refractivity contribution in [1.29, 1.82) is 0 Å². The molecule has 0 spiro atoms. The first-order chi connectivity index (χ1) is 9.44. The zero-order chi connectivity index (χ0) is 14.8. The average Bonchev–Trinajstić information content (AvgIpc) is 2.90. The summed E-state index contributed by atoms with van der Waals surface area (Å²) in [5, 5.41) is 2.36. The molecular formula is C12H16N3O4P. The molecule has 20 heavy (non-hydrogen) atoms. The van der Waals surface area contributed by atoms with Gasteiger partial charge >= 0.3 is 7.60 Å². The lowest BCUT2D eigenvalue weighted by Gasteiger charge is -2.28. The third kappa shape index (κ3) is 2.40. The van der Waals surface area contributed by atoms with Crippen LogP contribution in [-0.4, -0.2) is 24.9 Å². The van der Waals surface area contributed by atoms with E-state index in [1.165, 1.54) is 0 Å². The predicted octanol–water partition coefficient (Wildman–Crippen LogP) is 2.32. The molecule has 0 radical (unpaired) electrons. The van der Waals surface area contributed by atoms with Crippen molar-refractivity contribution in [2.75, 3.05) is 0 Å². The van der Waals surface area contributed by atoms with Crippen LogP contribution in [0.2, 0.25) is 0 Å². The molecule has 2 heterocycles. The van der Waals surface area contributed by atoms with E-state index < -0.39 is 12.8 Å². The van der Waals surface area contributed by atoms with Crippen LogP contribution in [0.5, 0.6) is 0 Å². The summed E-state index contributed by atoms with van der Waals surface area (Å²) in [6.45, 7) is 3.39. The zero-order valence-corrected chi connectivity index (χ0v) is 12.1. The maximum Gasteiger partial charge on any atom is 0.339 e. The first-order valence-corrected chi connectivity index (χ1v) is 7.86. The fourth-order valence-corrected chi connectivity index (χ4v) is 3.30. The standard InChI is InChI=1S/C12H16N3O4P/c1-3-12(4-2,20(16,17)18)11-14-10(19-15-11)9-6-5-7-13-8-9/h5-8H,3-4H2,1-2H3,(H2,16,17,18). The summed E-state index contributed by atoms with van der Waals surface area (Å²) in [6.07, 6.45) is 3.60. The van der Waals surface area contributed by atoms with Gasteiger partial charge in [-0.25, -0.2) is 0 Å². The van der Waals surface area contributed by atoms with E-state index in [1.54, 1.807) is 38.4 Å². The molecule has 0 fully saturated rings. The average molecular weight is 297 g/mol. The summed E-state index contributed by atoms with van der Waals surface area (Å²) in [4.78, 5) is 27.4. The van der Waals surface area contributed by atoms with E-state index in [1.807, 2.05) is 0 Å². The van der Waals surface area contributed by atoms with Gasteiger partial charge in [0.15, 0.2) is 5.82 Å². The first-order valence-electron chi connectivity index (χ1n) is 6.25. The van der Waals surface area contributed by atoms with Crippen molar-refractivity contribution >= 4 is 7.60 Å². The molecule has 2 N–H and O–H groups in total. The van der Waals surface area contributed by atoms with Gasteiger partial charge in [0, 0.05) is 12.4 Å². The molecular weight excluding hydrogens is 281 g/mol. The van der Waals surface area contributed by atoms with E-state index in [2.05, 4.69) is 15.1 Å². The molecule has 2 aromatic rings. The molecule has 0 atom stereocenters. The van der Waals surface area contributed by atoms with Crippen LogP contribution in [0.4, 0.5) is 0 Å². The fourth-order valence-electron chi connectivity index (χ4n) is 2.13. The van der Waals surface area contributed by atoms with Crippen LogP contribution in [0.15, 0.2) is 29.0 Å². The molecule has 0 aliphatic heterocycles. The first kappa shape index (κ1) is 14.8. The van der Waals surface area contributed by atoms with Crippen LogP contribution in [0.3, 0.4) is 0 Å². The maximum absolute atomic E-state index is 11.8. The van der Waals surface area contributed by atoms with Crippen LogP contribution in [-0.2, 0) is 9.72 Å². The number of hydrogen-bond donors (Lipinski definition) is 2. The van der Waals surface area contributed by atoms with Gasteiger partial charge in [0.1, 0.15) is 5.16 Å². The number of pyridine rings is 1. The summed E-state index contributed by atoms with van der Waals surface area (Å²) >= 11 is 0. The van der Waals surface area contributed by atoms with Gasteiger partial charge in [-0.15, -0.1) is 0 Å². The Morgan fingerprint density at radius 2 is 2.05 bits per heavy atom. The highest BCUT2D eigenvalue weighted by Crippen LogP contribution is 2.60. The quantitative estimate of drug-likeness (QED) is 0.815. The number of nitrogens with zero attached hydrogens (tertiary/aromatic N) is 3. The molecule has 0 aromatic carbocycles. The summed E-state index contributed by atoms with van der Waals surface area (Å²) in [6, 6.07) is 3.45. The van der Waals surface area contributed by atoms with Crippen LogP contribution < -0.4 is 0 Å². The molecule has 0 aliphatic rings. The van der Waals surface area contributed by atoms with Crippen LogP contribution >= 0.6 is 7.60 Å². The summed E-state index contributed by atoms with van der Waals surface area (Å²) in [5.41, 5.74) is 0.609. The lowest BCUT2D eigenvalue weighted by molar-refractivity contribution is 0.302. The number of hydrogen-bond acceptors (Lipinski definition) is 5. The molecule has 0 unspecified atom stereocenters. The van der Waals surface area contributed by atoms with Gasteiger partial charge in [-0.3, -0.25) is 9.55 Å². The second kappa shape index (κ2) is 5.44. The SMILES string of the molecule is CCC(CC)(c1noc(-c2cccnc2)n1)P(=O)(O)O. The third-order valence-electron chi connectivity index (χ3n) is 3.48. The summed E-state index contributed by atoms with van der Waals surface area (Å²) in [5.74, 6) is 0.238. The summed E-state index contributed by atoms with van der Waals surface area (Å²) < 4.78 is 16.9. The fraction of sp³-hybridized carbons (Fsp3) is 0.417. The van der Waals surface area contributed by atoms with E-state index in [-0.39, 0.29) is 24.6 Å². The number of aromatic nitrogens is 3. The maximum atomic E-state index is 11.8. The largest absolute Gasteiger partial charge is 0.339 e. The highest BCUT2D eigenvalue weighted by atomic mass is 31.2. The van der Waals surface area contributed by atoms with Crippen molar-refractivity contribution < 1.29 is 18.9 Å². The van der Waals surface area contributed by atoms with Gasteiger partial charge in [0.05, 0.1) is 5.56 Å². The molecule has 0 aliphatic carbocycles.